The molecule has 5 heteroatoms. The minimum Gasteiger partial charge on any atom is -0.316 e. The van der Waals surface area contributed by atoms with Crippen LogP contribution in [0, 0.1) is 5.92 Å². The van der Waals surface area contributed by atoms with Crippen LogP contribution in [0.5, 0.6) is 0 Å². The third-order valence-corrected chi connectivity index (χ3v) is 2.79. The Labute approximate surface area is 90.8 Å². The lowest BCUT2D eigenvalue weighted by atomic mass is 10.0. The molecule has 1 amide bonds. The Kier molecular flexibility index (Phi) is 4.65. The molecule has 2 aliphatic rings. The lowest BCUT2D eigenvalue weighted by molar-refractivity contribution is -0.133. The van der Waals surface area contributed by atoms with Gasteiger partial charge in [-0.1, -0.05) is 0 Å². The molecular weight excluding hydrogens is 202 g/mol. The lowest BCUT2D eigenvalue weighted by Crippen LogP contribution is -2.37. The van der Waals surface area contributed by atoms with E-state index in [-0.39, 0.29) is 18.3 Å². The molecule has 82 valence electrons. The number of carbonyl (C=O) groups is 1. The minimum absolute atomic E-state index is 0. The second-order valence-corrected chi connectivity index (χ2v) is 3.87. The molecule has 0 aromatic carbocycles. The summed E-state index contributed by atoms with van der Waals surface area (Å²) in [6.07, 6.45) is 2.95. The zero-order valence-electron chi connectivity index (χ0n) is 8.29. The Bertz CT molecular complexity index is 188. The molecule has 2 fully saturated rings. The van der Waals surface area contributed by atoms with Crippen LogP contribution in [-0.2, 0) is 4.79 Å². The highest BCUT2D eigenvalue weighted by Crippen LogP contribution is 2.14. The highest BCUT2D eigenvalue weighted by Gasteiger charge is 2.23. The second-order valence-electron chi connectivity index (χ2n) is 3.87. The monoisotopic (exact) mass is 219 g/mol. The molecule has 0 unspecified atom stereocenters. The molecule has 2 rings (SSSR count). The summed E-state index contributed by atoms with van der Waals surface area (Å²) in [5.74, 6) is 0.834. The molecule has 4 nitrogen and oxygen atoms in total. The van der Waals surface area contributed by atoms with Crippen LogP contribution in [0.4, 0.5) is 0 Å². The number of rotatable bonds is 2. The number of hydrazine groups is 1. The second kappa shape index (κ2) is 5.53. The molecule has 0 aromatic rings. The number of carbonyl (C=O) groups excluding carboxylic acids is 1. The lowest BCUT2D eigenvalue weighted by Gasteiger charge is -2.17. The van der Waals surface area contributed by atoms with Gasteiger partial charge in [0.15, 0.2) is 0 Å². The summed E-state index contributed by atoms with van der Waals surface area (Å²) >= 11 is 0. The highest BCUT2D eigenvalue weighted by molar-refractivity contribution is 5.85. The van der Waals surface area contributed by atoms with Crippen LogP contribution in [0.3, 0.4) is 0 Å². The Hall–Kier alpha value is -0.320. The standard InChI is InChI=1S/C9H17N3O.ClH/c13-9(12-5-1-3-11-12)6-8-2-4-10-7-8;/h8,10-11H,1-7H2;1H/t8-;/m0./s1. The first-order chi connectivity index (χ1) is 6.36. The summed E-state index contributed by atoms with van der Waals surface area (Å²) in [7, 11) is 0. The van der Waals surface area contributed by atoms with Gasteiger partial charge in [0.25, 0.3) is 0 Å². The molecule has 0 aliphatic carbocycles. The topological polar surface area (TPSA) is 44.4 Å². The fraction of sp³-hybridized carbons (Fsp3) is 0.889. The summed E-state index contributed by atoms with van der Waals surface area (Å²) < 4.78 is 0. The number of hydrogen-bond acceptors (Lipinski definition) is 3. The van der Waals surface area contributed by atoms with Crippen molar-refractivity contribution in [2.75, 3.05) is 26.2 Å². The van der Waals surface area contributed by atoms with E-state index < -0.39 is 0 Å². The highest BCUT2D eigenvalue weighted by atomic mass is 35.5. The van der Waals surface area contributed by atoms with E-state index in [2.05, 4.69) is 10.7 Å². The van der Waals surface area contributed by atoms with Gasteiger partial charge in [0.1, 0.15) is 0 Å². The van der Waals surface area contributed by atoms with E-state index in [1.54, 1.807) is 5.01 Å². The number of amides is 1. The molecule has 2 heterocycles. The molecule has 1 atom stereocenters. The molecule has 14 heavy (non-hydrogen) atoms. The van der Waals surface area contributed by atoms with Crippen molar-refractivity contribution in [2.24, 2.45) is 5.92 Å². The first-order valence-corrected chi connectivity index (χ1v) is 5.11. The Balaban J connectivity index is 0.000000980. The van der Waals surface area contributed by atoms with E-state index in [1.165, 1.54) is 0 Å². The zero-order valence-corrected chi connectivity index (χ0v) is 9.11. The maximum atomic E-state index is 11.6. The van der Waals surface area contributed by atoms with Crippen LogP contribution in [0.1, 0.15) is 19.3 Å². The summed E-state index contributed by atoms with van der Waals surface area (Å²) in [5, 5.41) is 5.05. The number of hydrogen-bond donors (Lipinski definition) is 2. The van der Waals surface area contributed by atoms with E-state index in [0.29, 0.717) is 12.3 Å². The Morgan fingerprint density at radius 1 is 1.43 bits per heavy atom. The summed E-state index contributed by atoms with van der Waals surface area (Å²) in [6.45, 7) is 3.93. The largest absolute Gasteiger partial charge is 0.316 e. The van der Waals surface area contributed by atoms with Gasteiger partial charge in [0.05, 0.1) is 0 Å². The van der Waals surface area contributed by atoms with Gasteiger partial charge in [-0.2, -0.15) is 0 Å². The van der Waals surface area contributed by atoms with Gasteiger partial charge < -0.3 is 5.32 Å². The van der Waals surface area contributed by atoms with Crippen LogP contribution >= 0.6 is 12.4 Å². The predicted octanol–water partition coefficient (Wildman–Crippen LogP) is 0.145. The average molecular weight is 220 g/mol. The quantitative estimate of drug-likeness (QED) is 0.695. The SMILES string of the molecule is Cl.O=C(C[C@@H]1CCNC1)N1CCCN1. The number of nitrogens with zero attached hydrogens (tertiary/aromatic N) is 1. The van der Waals surface area contributed by atoms with Crippen molar-refractivity contribution in [1.29, 1.82) is 0 Å². The van der Waals surface area contributed by atoms with Gasteiger partial charge in [-0.05, 0) is 31.8 Å². The molecule has 0 spiro atoms. The van der Waals surface area contributed by atoms with Gasteiger partial charge in [-0.15, -0.1) is 12.4 Å². The van der Waals surface area contributed by atoms with Crippen molar-refractivity contribution in [3.05, 3.63) is 0 Å². The van der Waals surface area contributed by atoms with Crippen molar-refractivity contribution >= 4 is 18.3 Å². The smallest absolute Gasteiger partial charge is 0.236 e. The van der Waals surface area contributed by atoms with Crippen molar-refractivity contribution in [1.82, 2.24) is 15.8 Å². The number of nitrogens with one attached hydrogen (secondary N) is 2. The molecule has 2 aliphatic heterocycles. The van der Waals surface area contributed by atoms with E-state index in [1.807, 2.05) is 0 Å². The maximum Gasteiger partial charge on any atom is 0.236 e. The fourth-order valence-electron chi connectivity index (χ4n) is 1.99. The summed E-state index contributed by atoms with van der Waals surface area (Å²) in [4.78, 5) is 11.6. The van der Waals surface area contributed by atoms with E-state index in [9.17, 15) is 4.79 Å². The van der Waals surface area contributed by atoms with E-state index in [0.717, 1.165) is 39.0 Å². The predicted molar refractivity (Wildman–Crippen MR) is 57.2 cm³/mol. The third kappa shape index (κ3) is 2.83. The van der Waals surface area contributed by atoms with Crippen LogP contribution in [0.25, 0.3) is 0 Å². The molecule has 2 N–H and O–H groups in total. The van der Waals surface area contributed by atoms with Gasteiger partial charge in [-0.3, -0.25) is 9.80 Å². The van der Waals surface area contributed by atoms with Crippen LogP contribution in [-0.4, -0.2) is 37.1 Å². The van der Waals surface area contributed by atoms with Crippen molar-refractivity contribution in [2.45, 2.75) is 19.3 Å². The molecule has 0 saturated carbocycles. The van der Waals surface area contributed by atoms with Crippen LogP contribution in [0.15, 0.2) is 0 Å². The Morgan fingerprint density at radius 3 is 2.86 bits per heavy atom. The van der Waals surface area contributed by atoms with Gasteiger partial charge >= 0.3 is 0 Å². The van der Waals surface area contributed by atoms with Crippen molar-refractivity contribution in [3.63, 3.8) is 0 Å². The van der Waals surface area contributed by atoms with Crippen molar-refractivity contribution < 1.29 is 4.79 Å². The Morgan fingerprint density at radius 2 is 2.29 bits per heavy atom. The third-order valence-electron chi connectivity index (χ3n) is 2.79. The normalized spacial score (nSPS) is 26.3. The first-order valence-electron chi connectivity index (χ1n) is 5.11. The van der Waals surface area contributed by atoms with Crippen molar-refractivity contribution in [3.8, 4) is 0 Å². The molecule has 2 saturated heterocycles. The maximum absolute atomic E-state index is 11.6. The molecule has 0 radical (unpaired) electrons. The average Bonchev–Trinajstić information content (AvgIpc) is 2.74. The van der Waals surface area contributed by atoms with Crippen LogP contribution in [0.2, 0.25) is 0 Å². The molecule has 0 bridgehead atoms. The fourth-order valence-corrected chi connectivity index (χ4v) is 1.99. The minimum atomic E-state index is 0. The first kappa shape index (κ1) is 11.8. The molecule has 0 aromatic heterocycles. The van der Waals surface area contributed by atoms with E-state index >= 15 is 0 Å². The van der Waals surface area contributed by atoms with Crippen LogP contribution < -0.4 is 10.7 Å². The molecular formula is C9H18ClN3O. The van der Waals surface area contributed by atoms with Gasteiger partial charge in [-0.25, -0.2) is 5.43 Å². The van der Waals surface area contributed by atoms with Gasteiger partial charge in [0.2, 0.25) is 5.91 Å². The zero-order chi connectivity index (χ0) is 9.10. The summed E-state index contributed by atoms with van der Waals surface area (Å²) in [5.41, 5.74) is 3.09. The van der Waals surface area contributed by atoms with Gasteiger partial charge in [0, 0.05) is 19.5 Å². The summed E-state index contributed by atoms with van der Waals surface area (Å²) in [6, 6.07) is 0. The van der Waals surface area contributed by atoms with E-state index in [4.69, 9.17) is 0 Å². The number of halogens is 1.